The largest absolute Gasteiger partial charge is 0.474 e. The Bertz CT molecular complexity index is 1350. The van der Waals surface area contributed by atoms with Crippen LogP contribution in [-0.4, -0.2) is 46.9 Å². The molecule has 3 N–H and O–H groups in total. The first-order valence-corrected chi connectivity index (χ1v) is 12.7. The summed E-state index contributed by atoms with van der Waals surface area (Å²) in [4.78, 5) is 25.8. The molecule has 1 aromatic carbocycles. The summed E-state index contributed by atoms with van der Waals surface area (Å²) in [5.41, 5.74) is 4.74. The van der Waals surface area contributed by atoms with Gasteiger partial charge in [0.2, 0.25) is 5.88 Å². The van der Waals surface area contributed by atoms with Gasteiger partial charge in [-0.2, -0.15) is 4.98 Å². The number of allylic oxidation sites excluding steroid dienone is 1. The summed E-state index contributed by atoms with van der Waals surface area (Å²) in [5, 5.41) is 14.3. The minimum absolute atomic E-state index is 0.0221. The SMILES string of the molecule is CCOC(=O)C1(c2ccc(-c3ccc(/C(C=N)=C(/NC)Nc4cncc(OC(C)C)n4)nc3)cc2C)CC1. The third kappa shape index (κ3) is 5.66. The standard InChI is InChI=1S/C29H34N6O3/c1-6-37-28(36)29(11-12-29)23-9-7-20(13-19(23)4)21-8-10-24(33-15-21)22(14-30)27(31-5)35-25-16-32-17-26(34-25)38-18(2)3/h7-10,13-18,30-31H,6,11-12H2,1-5H3,(H,34,35)/b27-22-,30-14?. The Kier molecular flexibility index (Phi) is 8.05. The second-order valence-corrected chi connectivity index (χ2v) is 9.48. The molecule has 9 nitrogen and oxygen atoms in total. The van der Waals surface area contributed by atoms with Gasteiger partial charge in [0, 0.05) is 25.0 Å². The van der Waals surface area contributed by atoms with E-state index in [1.54, 1.807) is 25.6 Å². The normalized spacial score (nSPS) is 14.4. The Hall–Kier alpha value is -4.27. The van der Waals surface area contributed by atoms with Gasteiger partial charge in [-0.05, 0) is 63.3 Å². The Balaban J connectivity index is 1.57. The van der Waals surface area contributed by atoms with Crippen LogP contribution in [0.1, 0.15) is 50.4 Å². The van der Waals surface area contributed by atoms with Gasteiger partial charge in [-0.1, -0.05) is 24.3 Å². The molecule has 3 aromatic rings. The molecule has 1 aliphatic rings. The Morgan fingerprint density at radius 2 is 1.92 bits per heavy atom. The highest BCUT2D eigenvalue weighted by atomic mass is 16.5. The highest BCUT2D eigenvalue weighted by molar-refractivity contribution is 6.09. The van der Waals surface area contributed by atoms with Crippen LogP contribution in [-0.2, 0) is 14.9 Å². The van der Waals surface area contributed by atoms with Crippen LogP contribution in [0.25, 0.3) is 16.7 Å². The van der Waals surface area contributed by atoms with Gasteiger partial charge in [-0.15, -0.1) is 0 Å². The van der Waals surface area contributed by atoms with E-state index in [0.717, 1.165) is 35.1 Å². The molecule has 0 unspecified atom stereocenters. The summed E-state index contributed by atoms with van der Waals surface area (Å²) < 4.78 is 11.0. The van der Waals surface area contributed by atoms with E-state index >= 15 is 0 Å². The summed E-state index contributed by atoms with van der Waals surface area (Å²) in [7, 11) is 1.76. The highest BCUT2D eigenvalue weighted by Gasteiger charge is 2.53. The summed E-state index contributed by atoms with van der Waals surface area (Å²) >= 11 is 0. The molecule has 1 aliphatic carbocycles. The minimum atomic E-state index is -0.494. The number of benzene rings is 1. The fraction of sp³-hybridized carbons (Fsp3) is 0.345. The molecule has 1 saturated carbocycles. The van der Waals surface area contributed by atoms with Crippen molar-refractivity contribution in [3.8, 4) is 17.0 Å². The quantitative estimate of drug-likeness (QED) is 0.245. The van der Waals surface area contributed by atoms with Crippen LogP contribution < -0.4 is 15.4 Å². The lowest BCUT2D eigenvalue weighted by molar-refractivity contribution is -0.146. The summed E-state index contributed by atoms with van der Waals surface area (Å²) in [6.45, 7) is 8.10. The lowest BCUT2D eigenvalue weighted by Crippen LogP contribution is -2.24. The number of ether oxygens (including phenoxy) is 2. The topological polar surface area (TPSA) is 122 Å². The van der Waals surface area contributed by atoms with Gasteiger partial charge in [0.1, 0.15) is 5.82 Å². The summed E-state index contributed by atoms with van der Waals surface area (Å²) in [6.07, 6.45) is 7.80. The number of anilines is 1. The number of carbonyl (C=O) groups is 1. The van der Waals surface area contributed by atoms with Crippen molar-refractivity contribution in [2.75, 3.05) is 19.0 Å². The number of nitrogens with one attached hydrogen (secondary N) is 3. The number of aromatic nitrogens is 3. The van der Waals surface area contributed by atoms with Crippen LogP contribution in [0.4, 0.5) is 5.82 Å². The number of pyridine rings is 1. The summed E-state index contributed by atoms with van der Waals surface area (Å²) in [6, 6.07) is 10.00. The molecule has 1 fully saturated rings. The van der Waals surface area contributed by atoms with Gasteiger partial charge in [0.15, 0.2) is 5.82 Å². The maximum atomic E-state index is 12.5. The zero-order valence-electron chi connectivity index (χ0n) is 22.5. The van der Waals surface area contributed by atoms with E-state index in [1.165, 1.54) is 6.21 Å². The number of esters is 1. The van der Waals surface area contributed by atoms with Crippen LogP contribution in [0.3, 0.4) is 0 Å². The molecule has 4 rings (SSSR count). The molecule has 2 aromatic heterocycles. The predicted molar refractivity (Wildman–Crippen MR) is 148 cm³/mol. The lowest BCUT2D eigenvalue weighted by Gasteiger charge is -2.18. The minimum Gasteiger partial charge on any atom is -0.474 e. The van der Waals surface area contributed by atoms with Gasteiger partial charge in [-0.3, -0.25) is 14.8 Å². The maximum absolute atomic E-state index is 12.5. The van der Waals surface area contributed by atoms with Crippen molar-refractivity contribution in [1.82, 2.24) is 20.3 Å². The van der Waals surface area contributed by atoms with Crippen LogP contribution in [0.2, 0.25) is 0 Å². The van der Waals surface area contributed by atoms with Crippen LogP contribution >= 0.6 is 0 Å². The average Bonchev–Trinajstić information content (AvgIpc) is 3.71. The van der Waals surface area contributed by atoms with Crippen molar-refractivity contribution < 1.29 is 14.3 Å². The smallest absolute Gasteiger partial charge is 0.316 e. The number of aryl methyl sites for hydroxylation is 1. The number of hydrogen-bond donors (Lipinski definition) is 3. The van der Waals surface area contributed by atoms with Crippen LogP contribution in [0.5, 0.6) is 5.88 Å². The molecule has 198 valence electrons. The molecule has 9 heteroatoms. The second kappa shape index (κ2) is 11.4. The molecular weight excluding hydrogens is 480 g/mol. The van der Waals surface area contributed by atoms with E-state index in [4.69, 9.17) is 14.9 Å². The maximum Gasteiger partial charge on any atom is 0.316 e. The lowest BCUT2D eigenvalue weighted by atomic mass is 9.89. The first kappa shape index (κ1) is 26.8. The predicted octanol–water partition coefficient (Wildman–Crippen LogP) is 4.88. The zero-order chi connectivity index (χ0) is 27.3. The van der Waals surface area contributed by atoms with E-state index in [0.29, 0.717) is 35.4 Å². The molecule has 0 bridgehead atoms. The molecule has 0 saturated heterocycles. The molecule has 0 atom stereocenters. The van der Waals surface area contributed by atoms with Gasteiger partial charge in [0.05, 0.1) is 41.8 Å². The molecule has 38 heavy (non-hydrogen) atoms. The zero-order valence-corrected chi connectivity index (χ0v) is 22.5. The monoisotopic (exact) mass is 514 g/mol. The van der Waals surface area contributed by atoms with Crippen molar-refractivity contribution in [3.05, 3.63) is 71.6 Å². The Labute approximate surface area is 223 Å². The Morgan fingerprint density at radius 1 is 1.16 bits per heavy atom. The van der Waals surface area contributed by atoms with Crippen molar-refractivity contribution >= 4 is 23.6 Å². The highest BCUT2D eigenvalue weighted by Crippen LogP contribution is 2.50. The fourth-order valence-corrected chi connectivity index (χ4v) is 4.46. The van der Waals surface area contributed by atoms with Crippen LogP contribution in [0, 0.1) is 12.3 Å². The average molecular weight is 515 g/mol. The van der Waals surface area contributed by atoms with E-state index in [9.17, 15) is 4.79 Å². The molecule has 2 heterocycles. The molecule has 0 radical (unpaired) electrons. The van der Waals surface area contributed by atoms with Gasteiger partial charge in [0.25, 0.3) is 0 Å². The third-order valence-corrected chi connectivity index (χ3v) is 6.42. The number of rotatable bonds is 11. The first-order valence-electron chi connectivity index (χ1n) is 12.7. The fourth-order valence-electron chi connectivity index (χ4n) is 4.46. The number of carbonyl (C=O) groups excluding carboxylic acids is 1. The summed E-state index contributed by atoms with van der Waals surface area (Å²) in [5.74, 6) is 1.32. The second-order valence-electron chi connectivity index (χ2n) is 9.48. The van der Waals surface area contributed by atoms with Gasteiger partial charge < -0.3 is 25.5 Å². The number of hydrogen-bond acceptors (Lipinski definition) is 9. The molecule has 0 spiro atoms. The molecular formula is C29H34N6O3. The van der Waals surface area contributed by atoms with Gasteiger partial charge >= 0.3 is 5.97 Å². The Morgan fingerprint density at radius 3 is 2.50 bits per heavy atom. The van der Waals surface area contributed by atoms with Crippen LogP contribution in [0.15, 0.2) is 54.7 Å². The van der Waals surface area contributed by atoms with E-state index in [-0.39, 0.29) is 12.1 Å². The molecule has 0 amide bonds. The third-order valence-electron chi connectivity index (χ3n) is 6.42. The van der Waals surface area contributed by atoms with Crippen molar-refractivity contribution in [3.63, 3.8) is 0 Å². The van der Waals surface area contributed by atoms with Crippen molar-refractivity contribution in [1.29, 1.82) is 5.41 Å². The first-order chi connectivity index (χ1) is 18.3. The number of nitrogens with zero attached hydrogens (tertiary/aromatic N) is 3. The van der Waals surface area contributed by atoms with Gasteiger partial charge in [-0.25, -0.2) is 0 Å². The molecule has 0 aliphatic heterocycles. The van der Waals surface area contributed by atoms with Crippen molar-refractivity contribution in [2.45, 2.75) is 52.1 Å². The van der Waals surface area contributed by atoms with E-state index in [1.807, 2.05) is 52.0 Å². The van der Waals surface area contributed by atoms with Crippen molar-refractivity contribution in [2.24, 2.45) is 0 Å². The van der Waals surface area contributed by atoms with E-state index in [2.05, 4.69) is 31.7 Å². The van der Waals surface area contributed by atoms with E-state index < -0.39 is 5.41 Å².